The smallest absolute Gasteiger partial charge is 0.0488 e. The first-order chi connectivity index (χ1) is 8.49. The van der Waals surface area contributed by atoms with Crippen LogP contribution in [-0.4, -0.2) is 4.57 Å². The molecule has 1 aromatic heterocycles. The van der Waals surface area contributed by atoms with Gasteiger partial charge in [-0.15, -0.1) is 0 Å². The molecule has 2 rings (SSSR count). The van der Waals surface area contributed by atoms with E-state index in [-0.39, 0.29) is 0 Å². The summed E-state index contributed by atoms with van der Waals surface area (Å²) in [5.41, 5.74) is 5.05. The zero-order chi connectivity index (χ0) is 13.3. The molecule has 0 unspecified atom stereocenters. The van der Waals surface area contributed by atoms with E-state index in [1.807, 2.05) is 12.1 Å². The summed E-state index contributed by atoms with van der Waals surface area (Å²) in [7, 11) is 2.10. The van der Waals surface area contributed by atoms with Crippen LogP contribution in [0.5, 0.6) is 0 Å². The van der Waals surface area contributed by atoms with Crippen molar-refractivity contribution in [1.29, 1.82) is 0 Å². The maximum Gasteiger partial charge on any atom is 0.0488 e. The number of hydrogen-bond donors (Lipinski definition) is 1. The van der Waals surface area contributed by atoms with Gasteiger partial charge in [0, 0.05) is 39.6 Å². The van der Waals surface area contributed by atoms with Gasteiger partial charge in [-0.1, -0.05) is 15.9 Å². The minimum atomic E-state index is 0.841. The van der Waals surface area contributed by atoms with Crippen LogP contribution in [0.4, 0.5) is 5.69 Å². The molecule has 1 heterocycles. The van der Waals surface area contributed by atoms with Crippen molar-refractivity contribution in [2.24, 2.45) is 7.05 Å². The molecule has 0 spiro atoms. The van der Waals surface area contributed by atoms with Gasteiger partial charge >= 0.3 is 0 Å². The average Bonchev–Trinajstić information content (AvgIpc) is 2.56. The lowest BCUT2D eigenvalue weighted by molar-refractivity contribution is 0.837. The third-order valence-electron chi connectivity index (χ3n) is 3.28. The van der Waals surface area contributed by atoms with E-state index in [9.17, 15) is 0 Å². The minimum Gasteiger partial charge on any atom is -0.380 e. The van der Waals surface area contributed by atoms with Crippen molar-refractivity contribution in [3.63, 3.8) is 0 Å². The topological polar surface area (TPSA) is 17.0 Å². The number of rotatable bonds is 3. The Morgan fingerprint density at radius 2 is 1.89 bits per heavy atom. The van der Waals surface area contributed by atoms with Gasteiger partial charge in [0.15, 0.2) is 0 Å². The highest BCUT2D eigenvalue weighted by Crippen LogP contribution is 2.27. The molecule has 2 nitrogen and oxygen atoms in total. The molecule has 0 aliphatic carbocycles. The standard InChI is InChI=1S/C14H16Br2N2/c1-9-6-11(10(2)18(9)3)8-17-14-5-4-12(15)7-13(14)16/h4-7,17H,8H2,1-3H3. The molecule has 1 aromatic carbocycles. The van der Waals surface area contributed by atoms with E-state index in [1.54, 1.807) is 0 Å². The zero-order valence-corrected chi connectivity index (χ0v) is 13.9. The van der Waals surface area contributed by atoms with Gasteiger partial charge in [0.2, 0.25) is 0 Å². The Labute approximate surface area is 125 Å². The first-order valence-corrected chi connectivity index (χ1v) is 7.38. The van der Waals surface area contributed by atoms with E-state index in [0.717, 1.165) is 21.2 Å². The lowest BCUT2D eigenvalue weighted by atomic mass is 10.2. The van der Waals surface area contributed by atoms with Crippen molar-refractivity contribution >= 4 is 37.5 Å². The highest BCUT2D eigenvalue weighted by Gasteiger charge is 2.06. The quantitative estimate of drug-likeness (QED) is 0.821. The van der Waals surface area contributed by atoms with Gasteiger partial charge in [-0.05, 0) is 59.6 Å². The van der Waals surface area contributed by atoms with Gasteiger partial charge in [-0.3, -0.25) is 0 Å². The molecule has 0 saturated heterocycles. The van der Waals surface area contributed by atoms with E-state index in [1.165, 1.54) is 17.0 Å². The predicted molar refractivity (Wildman–Crippen MR) is 84.1 cm³/mol. The summed E-state index contributed by atoms with van der Waals surface area (Å²) >= 11 is 7.02. The molecule has 96 valence electrons. The first-order valence-electron chi connectivity index (χ1n) is 5.79. The number of nitrogens with one attached hydrogen (secondary N) is 1. The summed E-state index contributed by atoms with van der Waals surface area (Å²) in [5.74, 6) is 0. The van der Waals surface area contributed by atoms with Crippen LogP contribution in [0.3, 0.4) is 0 Å². The van der Waals surface area contributed by atoms with Crippen LogP contribution in [0.1, 0.15) is 17.0 Å². The highest BCUT2D eigenvalue weighted by atomic mass is 79.9. The van der Waals surface area contributed by atoms with Crippen molar-refractivity contribution < 1.29 is 0 Å². The number of halogens is 2. The maximum absolute atomic E-state index is 3.56. The van der Waals surface area contributed by atoms with Crippen molar-refractivity contribution in [2.75, 3.05) is 5.32 Å². The summed E-state index contributed by atoms with van der Waals surface area (Å²) in [6.45, 7) is 5.13. The van der Waals surface area contributed by atoms with Crippen LogP contribution in [0.15, 0.2) is 33.2 Å². The lowest BCUT2D eigenvalue weighted by Gasteiger charge is -2.09. The Balaban J connectivity index is 2.14. The molecule has 0 amide bonds. The number of anilines is 1. The van der Waals surface area contributed by atoms with Crippen molar-refractivity contribution in [2.45, 2.75) is 20.4 Å². The molecule has 4 heteroatoms. The molecule has 0 saturated carbocycles. The van der Waals surface area contributed by atoms with E-state index in [2.05, 4.69) is 74.8 Å². The average molecular weight is 372 g/mol. The number of aromatic nitrogens is 1. The van der Waals surface area contributed by atoms with Gasteiger partial charge < -0.3 is 9.88 Å². The molecule has 1 N–H and O–H groups in total. The Morgan fingerprint density at radius 3 is 2.44 bits per heavy atom. The molecular weight excluding hydrogens is 356 g/mol. The van der Waals surface area contributed by atoms with Crippen LogP contribution >= 0.6 is 31.9 Å². The van der Waals surface area contributed by atoms with Gasteiger partial charge in [-0.25, -0.2) is 0 Å². The van der Waals surface area contributed by atoms with Gasteiger partial charge in [0.25, 0.3) is 0 Å². The second-order valence-corrected chi connectivity index (χ2v) is 6.20. The highest BCUT2D eigenvalue weighted by molar-refractivity contribution is 9.11. The lowest BCUT2D eigenvalue weighted by Crippen LogP contribution is -2.01. The fourth-order valence-electron chi connectivity index (χ4n) is 1.94. The summed E-state index contributed by atoms with van der Waals surface area (Å²) in [6, 6.07) is 8.38. The van der Waals surface area contributed by atoms with Gasteiger partial charge in [-0.2, -0.15) is 0 Å². The molecule has 0 fully saturated rings. The fraction of sp³-hybridized carbons (Fsp3) is 0.286. The number of benzene rings is 1. The van der Waals surface area contributed by atoms with Gasteiger partial charge in [0.1, 0.15) is 0 Å². The third kappa shape index (κ3) is 2.81. The zero-order valence-electron chi connectivity index (χ0n) is 10.7. The van der Waals surface area contributed by atoms with Crippen molar-refractivity contribution in [3.05, 3.63) is 50.2 Å². The maximum atomic E-state index is 3.56. The van der Waals surface area contributed by atoms with E-state index in [0.29, 0.717) is 0 Å². The fourth-order valence-corrected chi connectivity index (χ4v) is 3.12. The molecule has 0 bridgehead atoms. The van der Waals surface area contributed by atoms with Crippen LogP contribution in [0.25, 0.3) is 0 Å². The Bertz CT molecular complexity index is 573. The number of aryl methyl sites for hydroxylation is 1. The molecule has 18 heavy (non-hydrogen) atoms. The van der Waals surface area contributed by atoms with Crippen molar-refractivity contribution in [1.82, 2.24) is 4.57 Å². The minimum absolute atomic E-state index is 0.841. The van der Waals surface area contributed by atoms with Crippen LogP contribution in [0.2, 0.25) is 0 Å². The Morgan fingerprint density at radius 1 is 1.17 bits per heavy atom. The molecular formula is C14H16Br2N2. The summed E-state index contributed by atoms with van der Waals surface area (Å²) in [4.78, 5) is 0. The molecule has 2 aromatic rings. The van der Waals surface area contributed by atoms with Crippen LogP contribution in [-0.2, 0) is 13.6 Å². The summed E-state index contributed by atoms with van der Waals surface area (Å²) in [6.07, 6.45) is 0. The molecule has 0 radical (unpaired) electrons. The normalized spacial score (nSPS) is 10.7. The second kappa shape index (κ2) is 5.49. The predicted octanol–water partition coefficient (Wildman–Crippen LogP) is 4.78. The van der Waals surface area contributed by atoms with Crippen molar-refractivity contribution in [3.8, 4) is 0 Å². The van der Waals surface area contributed by atoms with E-state index >= 15 is 0 Å². The largest absolute Gasteiger partial charge is 0.380 e. The number of nitrogens with zero attached hydrogens (tertiary/aromatic N) is 1. The summed E-state index contributed by atoms with van der Waals surface area (Å²) < 4.78 is 4.36. The van der Waals surface area contributed by atoms with Crippen LogP contribution in [0, 0.1) is 13.8 Å². The monoisotopic (exact) mass is 370 g/mol. The second-order valence-electron chi connectivity index (χ2n) is 4.43. The molecule has 0 atom stereocenters. The van der Waals surface area contributed by atoms with E-state index in [4.69, 9.17) is 0 Å². The number of hydrogen-bond acceptors (Lipinski definition) is 1. The third-order valence-corrected chi connectivity index (χ3v) is 4.43. The first kappa shape index (κ1) is 13.7. The Kier molecular flexibility index (Phi) is 4.17. The molecule has 0 aliphatic heterocycles. The molecule has 0 aliphatic rings. The SMILES string of the molecule is Cc1cc(CNc2ccc(Br)cc2Br)c(C)n1C. The van der Waals surface area contributed by atoms with E-state index < -0.39 is 0 Å². The van der Waals surface area contributed by atoms with Crippen LogP contribution < -0.4 is 5.32 Å². The van der Waals surface area contributed by atoms with Gasteiger partial charge in [0.05, 0.1) is 0 Å². The Hall–Kier alpha value is -0.740. The summed E-state index contributed by atoms with van der Waals surface area (Å²) in [5, 5.41) is 3.46.